The second-order valence-electron chi connectivity index (χ2n) is 9.16. The highest BCUT2D eigenvalue weighted by atomic mass is 32.1. The lowest BCUT2D eigenvalue weighted by Crippen LogP contribution is -2.33. The molecule has 0 saturated carbocycles. The number of hydrogen-bond donors (Lipinski definition) is 2. The highest BCUT2D eigenvalue weighted by molar-refractivity contribution is 7.13. The Labute approximate surface area is 214 Å². The van der Waals surface area contributed by atoms with Gasteiger partial charge in [-0.05, 0) is 52.7 Å². The zero-order valence-electron chi connectivity index (χ0n) is 21.0. The Bertz CT molecular complexity index is 1240. The van der Waals surface area contributed by atoms with E-state index in [0.717, 1.165) is 34.7 Å². The summed E-state index contributed by atoms with van der Waals surface area (Å²) < 4.78 is 11.0. The summed E-state index contributed by atoms with van der Waals surface area (Å²) in [7, 11) is 0. The second kappa shape index (κ2) is 11.1. The predicted octanol–water partition coefficient (Wildman–Crippen LogP) is 5.26. The fourth-order valence-corrected chi connectivity index (χ4v) is 5.18. The minimum Gasteiger partial charge on any atom is -0.462 e. The average Bonchev–Trinajstić information content (AvgIpc) is 3.34. The molecule has 190 valence electrons. The Morgan fingerprint density at radius 1 is 1.19 bits per heavy atom. The summed E-state index contributed by atoms with van der Waals surface area (Å²) in [5, 5.41) is 8.37. The van der Waals surface area contributed by atoms with Crippen LogP contribution >= 0.6 is 11.3 Å². The molecule has 0 aliphatic carbocycles. The van der Waals surface area contributed by atoms with Gasteiger partial charge in [-0.25, -0.2) is 19.6 Å². The van der Waals surface area contributed by atoms with Crippen LogP contribution in [0.3, 0.4) is 0 Å². The van der Waals surface area contributed by atoms with Crippen LogP contribution < -0.4 is 10.6 Å². The Morgan fingerprint density at radius 2 is 2.03 bits per heavy atom. The first-order valence-corrected chi connectivity index (χ1v) is 12.9. The first-order chi connectivity index (χ1) is 17.3. The molecule has 2 N–H and O–H groups in total. The van der Waals surface area contributed by atoms with Gasteiger partial charge in [0.25, 0.3) is 0 Å². The van der Waals surface area contributed by atoms with E-state index in [0.29, 0.717) is 36.0 Å². The van der Waals surface area contributed by atoms with Crippen molar-refractivity contribution < 1.29 is 19.1 Å². The van der Waals surface area contributed by atoms with Crippen LogP contribution in [0.25, 0.3) is 21.7 Å². The number of rotatable bonds is 7. The number of anilines is 1. The number of pyridine rings is 2. The molecule has 0 aromatic carbocycles. The number of ether oxygens (including phenoxy) is 2. The van der Waals surface area contributed by atoms with Gasteiger partial charge in [-0.1, -0.05) is 0 Å². The molecule has 9 nitrogen and oxygen atoms in total. The molecule has 36 heavy (non-hydrogen) atoms. The molecule has 10 heteroatoms. The summed E-state index contributed by atoms with van der Waals surface area (Å²) in [6.45, 7) is 9.31. The minimum absolute atomic E-state index is 0.183. The predicted molar refractivity (Wildman–Crippen MR) is 139 cm³/mol. The van der Waals surface area contributed by atoms with Gasteiger partial charge in [0.05, 0.1) is 23.5 Å². The third-order valence-corrected chi connectivity index (χ3v) is 6.80. The molecule has 0 bridgehead atoms. The topological polar surface area (TPSA) is 115 Å². The molecule has 0 radical (unpaired) electrons. The van der Waals surface area contributed by atoms with Crippen molar-refractivity contribution in [3.63, 3.8) is 0 Å². The number of carbonyl (C=O) groups is 2. The summed E-state index contributed by atoms with van der Waals surface area (Å²) in [5.41, 5.74) is 3.46. The Balaban J connectivity index is 1.73. The van der Waals surface area contributed by atoms with Crippen molar-refractivity contribution in [1.29, 1.82) is 0 Å². The molecule has 4 heterocycles. The van der Waals surface area contributed by atoms with Gasteiger partial charge in [0.2, 0.25) is 0 Å². The summed E-state index contributed by atoms with van der Waals surface area (Å²) in [6.07, 6.45) is 6.64. The molecule has 1 aliphatic heterocycles. The first kappa shape index (κ1) is 25.7. The van der Waals surface area contributed by atoms with E-state index in [-0.39, 0.29) is 18.2 Å². The number of carbonyl (C=O) groups excluding carboxylic acids is 2. The molecule has 0 spiro atoms. The van der Waals surface area contributed by atoms with Crippen molar-refractivity contribution in [3.05, 3.63) is 47.4 Å². The van der Waals surface area contributed by atoms with Crippen LogP contribution in [-0.4, -0.2) is 52.3 Å². The van der Waals surface area contributed by atoms with E-state index in [2.05, 4.69) is 39.8 Å². The second-order valence-corrected chi connectivity index (χ2v) is 10.0. The van der Waals surface area contributed by atoms with Crippen LogP contribution in [0.1, 0.15) is 62.5 Å². The molecule has 3 aromatic heterocycles. The van der Waals surface area contributed by atoms with Crippen LogP contribution in [0.4, 0.5) is 10.6 Å². The number of urea groups is 1. The summed E-state index contributed by atoms with van der Waals surface area (Å²) in [5.74, 6) is 0.276. The van der Waals surface area contributed by atoms with Crippen LogP contribution in [0.2, 0.25) is 0 Å². The quantitative estimate of drug-likeness (QED) is 0.418. The highest BCUT2D eigenvalue weighted by Gasteiger charge is 2.31. The molecule has 1 atom stereocenters. The molecule has 1 fully saturated rings. The van der Waals surface area contributed by atoms with E-state index in [9.17, 15) is 9.59 Å². The fraction of sp³-hybridized carbons (Fsp3) is 0.423. The normalized spacial score (nSPS) is 16.8. The van der Waals surface area contributed by atoms with E-state index >= 15 is 0 Å². The lowest BCUT2D eigenvalue weighted by atomic mass is 9.87. The van der Waals surface area contributed by atoms with Crippen LogP contribution in [0.5, 0.6) is 0 Å². The van der Waals surface area contributed by atoms with Gasteiger partial charge in [0, 0.05) is 59.7 Å². The van der Waals surface area contributed by atoms with Crippen molar-refractivity contribution in [2.75, 3.05) is 25.1 Å². The maximum atomic E-state index is 12.3. The number of esters is 1. The summed E-state index contributed by atoms with van der Waals surface area (Å²) >= 11 is 1.54. The fourth-order valence-electron chi connectivity index (χ4n) is 4.25. The maximum Gasteiger partial charge on any atom is 0.339 e. The molecule has 3 aromatic rings. The SMILES string of the molecule is CCNC(=O)Nc1cc(-c2nc(C3CCOC(C)(C)C3)cs2)c(-c2cncc(C(=O)OCC)c2)cn1. The zero-order valence-corrected chi connectivity index (χ0v) is 21.8. The lowest BCUT2D eigenvalue weighted by molar-refractivity contribution is -0.0597. The molecule has 1 saturated heterocycles. The largest absolute Gasteiger partial charge is 0.462 e. The average molecular weight is 510 g/mol. The lowest BCUT2D eigenvalue weighted by Gasteiger charge is -2.34. The van der Waals surface area contributed by atoms with E-state index in [1.54, 1.807) is 42.8 Å². The standard InChI is InChI=1S/C26H31N5O4S/c1-5-28-25(33)31-22-10-19(23-30-21(15-36-23)16-7-8-35-26(3,4)11-16)20(14-29-22)17-9-18(13-27-12-17)24(32)34-6-2/h9-10,12-16H,5-8,11H2,1-4H3,(H2,28,29,31,33). The highest BCUT2D eigenvalue weighted by Crippen LogP contribution is 2.40. The maximum absolute atomic E-state index is 12.3. The molecular weight excluding hydrogens is 478 g/mol. The monoisotopic (exact) mass is 509 g/mol. The molecular formula is C26H31N5O4S. The number of amides is 2. The van der Waals surface area contributed by atoms with Gasteiger partial charge < -0.3 is 14.8 Å². The van der Waals surface area contributed by atoms with Gasteiger partial charge in [-0.2, -0.15) is 0 Å². The van der Waals surface area contributed by atoms with E-state index < -0.39 is 5.97 Å². The van der Waals surface area contributed by atoms with Crippen LogP contribution in [0.15, 0.2) is 36.1 Å². The van der Waals surface area contributed by atoms with Gasteiger partial charge in [0.15, 0.2) is 0 Å². The minimum atomic E-state index is -0.436. The molecule has 1 unspecified atom stereocenters. The van der Waals surface area contributed by atoms with E-state index in [1.807, 2.05) is 6.92 Å². The van der Waals surface area contributed by atoms with Crippen molar-refractivity contribution in [1.82, 2.24) is 20.3 Å². The van der Waals surface area contributed by atoms with Crippen molar-refractivity contribution in [2.24, 2.45) is 0 Å². The van der Waals surface area contributed by atoms with Crippen molar-refractivity contribution in [2.45, 2.75) is 52.1 Å². The molecule has 2 amide bonds. The number of thiazole rings is 1. The van der Waals surface area contributed by atoms with E-state index in [1.165, 1.54) is 6.20 Å². The number of hydrogen-bond acceptors (Lipinski definition) is 8. The number of nitrogens with one attached hydrogen (secondary N) is 2. The van der Waals surface area contributed by atoms with Gasteiger partial charge >= 0.3 is 12.0 Å². The zero-order chi connectivity index (χ0) is 25.7. The van der Waals surface area contributed by atoms with Gasteiger partial charge in [0.1, 0.15) is 10.8 Å². The smallest absolute Gasteiger partial charge is 0.339 e. The van der Waals surface area contributed by atoms with Gasteiger partial charge in [-0.15, -0.1) is 11.3 Å². The van der Waals surface area contributed by atoms with Crippen LogP contribution in [0, 0.1) is 0 Å². The molecule has 4 rings (SSSR count). The third kappa shape index (κ3) is 6.06. The van der Waals surface area contributed by atoms with Gasteiger partial charge in [-0.3, -0.25) is 10.3 Å². The first-order valence-electron chi connectivity index (χ1n) is 12.1. The van der Waals surface area contributed by atoms with E-state index in [4.69, 9.17) is 14.5 Å². The Morgan fingerprint density at radius 3 is 2.78 bits per heavy atom. The Kier molecular flexibility index (Phi) is 7.95. The number of aromatic nitrogens is 3. The third-order valence-electron chi connectivity index (χ3n) is 5.91. The summed E-state index contributed by atoms with van der Waals surface area (Å²) in [4.78, 5) is 38.1. The molecule has 1 aliphatic rings. The van der Waals surface area contributed by atoms with Crippen molar-refractivity contribution >= 4 is 29.2 Å². The Hall–Kier alpha value is -3.37. The number of nitrogens with zero attached hydrogens (tertiary/aromatic N) is 3. The van der Waals surface area contributed by atoms with Crippen molar-refractivity contribution in [3.8, 4) is 21.7 Å². The van der Waals surface area contributed by atoms with Crippen LogP contribution in [-0.2, 0) is 9.47 Å². The summed E-state index contributed by atoms with van der Waals surface area (Å²) in [6, 6.07) is 3.20.